The number of hydrogen-bond donors (Lipinski definition) is 2. The van der Waals surface area contributed by atoms with Crippen LogP contribution in [-0.2, 0) is 11.3 Å². The number of rotatable bonds is 7. The molecule has 0 aliphatic rings. The van der Waals surface area contributed by atoms with Gasteiger partial charge < -0.3 is 19.7 Å². The van der Waals surface area contributed by atoms with Crippen molar-refractivity contribution in [1.82, 2.24) is 0 Å². The van der Waals surface area contributed by atoms with Gasteiger partial charge in [-0.15, -0.1) is 0 Å². The molecule has 17 heavy (non-hydrogen) atoms. The van der Waals surface area contributed by atoms with E-state index in [0.29, 0.717) is 6.61 Å². The van der Waals surface area contributed by atoms with Crippen molar-refractivity contribution in [1.29, 1.82) is 0 Å². The first kappa shape index (κ1) is 14.0. The predicted octanol–water partition coefficient (Wildman–Crippen LogP) is 1.20. The molecular weight excluding hydrogens is 220 g/mol. The lowest BCUT2D eigenvalue weighted by Gasteiger charge is -2.16. The van der Waals surface area contributed by atoms with Crippen LogP contribution in [0.15, 0.2) is 24.3 Å². The fraction of sp³-hybridized carbons (Fsp3) is 0.538. The molecule has 0 aliphatic carbocycles. The maximum absolute atomic E-state index is 9.57. The first-order chi connectivity index (χ1) is 8.17. The Kier molecular flexibility index (Phi) is 5.97. The Bertz CT molecular complexity index is 310. The zero-order chi connectivity index (χ0) is 12.7. The second-order valence-electron chi connectivity index (χ2n) is 4.09. The number of benzene rings is 1. The minimum Gasteiger partial charge on any atom is -0.497 e. The average molecular weight is 240 g/mol. The highest BCUT2D eigenvalue weighted by Crippen LogP contribution is 2.12. The van der Waals surface area contributed by atoms with Crippen LogP contribution < -0.4 is 4.74 Å². The van der Waals surface area contributed by atoms with Crippen LogP contribution in [0.3, 0.4) is 0 Å². The van der Waals surface area contributed by atoms with Crippen molar-refractivity contribution in [3.8, 4) is 5.75 Å². The van der Waals surface area contributed by atoms with Crippen LogP contribution in [0.5, 0.6) is 5.75 Å². The summed E-state index contributed by atoms with van der Waals surface area (Å²) in [7, 11) is 1.62. The number of aliphatic hydroxyl groups is 2. The third-order valence-electron chi connectivity index (χ3n) is 2.66. The molecule has 96 valence electrons. The summed E-state index contributed by atoms with van der Waals surface area (Å²) in [4.78, 5) is 0. The van der Waals surface area contributed by atoms with Gasteiger partial charge in [-0.1, -0.05) is 19.1 Å². The summed E-state index contributed by atoms with van der Waals surface area (Å²) in [5.41, 5.74) is 1.02. The van der Waals surface area contributed by atoms with E-state index in [4.69, 9.17) is 14.6 Å². The zero-order valence-electron chi connectivity index (χ0n) is 10.3. The Morgan fingerprint density at radius 3 is 2.41 bits per heavy atom. The molecule has 1 aromatic rings. The van der Waals surface area contributed by atoms with E-state index in [9.17, 15) is 5.11 Å². The van der Waals surface area contributed by atoms with Gasteiger partial charge in [0.05, 0.1) is 26.4 Å². The Morgan fingerprint density at radius 2 is 1.88 bits per heavy atom. The molecule has 0 spiro atoms. The van der Waals surface area contributed by atoms with E-state index in [-0.39, 0.29) is 19.1 Å². The molecule has 0 aromatic heterocycles. The second kappa shape index (κ2) is 7.27. The molecule has 1 aromatic carbocycles. The molecule has 2 N–H and O–H groups in total. The van der Waals surface area contributed by atoms with E-state index in [1.807, 2.05) is 24.3 Å². The fourth-order valence-electron chi connectivity index (χ4n) is 1.31. The number of hydrogen-bond acceptors (Lipinski definition) is 4. The van der Waals surface area contributed by atoms with Gasteiger partial charge in [-0.05, 0) is 17.7 Å². The Hall–Kier alpha value is -1.10. The van der Waals surface area contributed by atoms with Gasteiger partial charge in [0, 0.05) is 12.5 Å². The summed E-state index contributed by atoms with van der Waals surface area (Å²) in [5.74, 6) is 0.647. The molecular formula is C13H20O4. The van der Waals surface area contributed by atoms with Crippen LogP contribution in [0.1, 0.15) is 12.5 Å². The van der Waals surface area contributed by atoms with Crippen LogP contribution in [0, 0.1) is 5.92 Å². The van der Waals surface area contributed by atoms with Crippen molar-refractivity contribution in [2.24, 2.45) is 5.92 Å². The molecule has 1 rings (SSSR count). The lowest BCUT2D eigenvalue weighted by Crippen LogP contribution is -2.26. The van der Waals surface area contributed by atoms with Gasteiger partial charge in [-0.3, -0.25) is 0 Å². The Morgan fingerprint density at radius 1 is 1.24 bits per heavy atom. The Labute approximate surface area is 102 Å². The highest BCUT2D eigenvalue weighted by Gasteiger charge is 2.12. The summed E-state index contributed by atoms with van der Waals surface area (Å²) in [6.45, 7) is 2.42. The minimum atomic E-state index is -0.627. The molecule has 0 radical (unpaired) electrons. The standard InChI is InChI=1S/C13H20O4/c1-10(7-14)13(15)9-17-8-11-3-5-12(16-2)6-4-11/h3-6,10,13-15H,7-9H2,1-2H3/t10-,13-/m1/s1. The van der Waals surface area contributed by atoms with E-state index in [1.165, 1.54) is 0 Å². The van der Waals surface area contributed by atoms with E-state index in [2.05, 4.69) is 0 Å². The van der Waals surface area contributed by atoms with Gasteiger partial charge >= 0.3 is 0 Å². The summed E-state index contributed by atoms with van der Waals surface area (Å²) in [6.07, 6.45) is -0.627. The highest BCUT2D eigenvalue weighted by molar-refractivity contribution is 5.26. The third kappa shape index (κ3) is 4.73. The van der Waals surface area contributed by atoms with Crippen LogP contribution >= 0.6 is 0 Å². The van der Waals surface area contributed by atoms with Crippen LogP contribution in [0.4, 0.5) is 0 Å². The monoisotopic (exact) mass is 240 g/mol. The molecule has 0 amide bonds. The van der Waals surface area contributed by atoms with Crippen LogP contribution in [-0.4, -0.2) is 36.6 Å². The van der Waals surface area contributed by atoms with E-state index in [1.54, 1.807) is 14.0 Å². The first-order valence-corrected chi connectivity index (χ1v) is 5.67. The lowest BCUT2D eigenvalue weighted by molar-refractivity contribution is -0.0109. The van der Waals surface area contributed by atoms with Crippen LogP contribution in [0.2, 0.25) is 0 Å². The smallest absolute Gasteiger partial charge is 0.118 e. The van der Waals surface area contributed by atoms with Gasteiger partial charge in [-0.25, -0.2) is 0 Å². The molecule has 0 unspecified atom stereocenters. The molecule has 0 saturated carbocycles. The maximum Gasteiger partial charge on any atom is 0.118 e. The number of ether oxygens (including phenoxy) is 2. The van der Waals surface area contributed by atoms with Gasteiger partial charge in [-0.2, -0.15) is 0 Å². The number of methoxy groups -OCH3 is 1. The van der Waals surface area contributed by atoms with Gasteiger partial charge in [0.2, 0.25) is 0 Å². The average Bonchev–Trinajstić information content (AvgIpc) is 2.38. The van der Waals surface area contributed by atoms with Crippen molar-refractivity contribution in [3.05, 3.63) is 29.8 Å². The lowest BCUT2D eigenvalue weighted by atomic mass is 10.1. The summed E-state index contributed by atoms with van der Waals surface area (Å²) < 4.78 is 10.4. The topological polar surface area (TPSA) is 58.9 Å². The maximum atomic E-state index is 9.57. The van der Waals surface area contributed by atoms with Crippen molar-refractivity contribution in [2.45, 2.75) is 19.6 Å². The highest BCUT2D eigenvalue weighted by atomic mass is 16.5. The zero-order valence-corrected chi connectivity index (χ0v) is 10.3. The molecule has 0 bridgehead atoms. The molecule has 0 saturated heterocycles. The van der Waals surface area contributed by atoms with Gasteiger partial charge in [0.25, 0.3) is 0 Å². The fourth-order valence-corrected chi connectivity index (χ4v) is 1.31. The van der Waals surface area contributed by atoms with E-state index >= 15 is 0 Å². The summed E-state index contributed by atoms with van der Waals surface area (Å²) in [6, 6.07) is 7.57. The summed E-state index contributed by atoms with van der Waals surface area (Å²) >= 11 is 0. The summed E-state index contributed by atoms with van der Waals surface area (Å²) in [5, 5.41) is 18.4. The first-order valence-electron chi connectivity index (χ1n) is 5.67. The van der Waals surface area contributed by atoms with Crippen molar-refractivity contribution < 1.29 is 19.7 Å². The number of aliphatic hydroxyl groups excluding tert-OH is 2. The second-order valence-corrected chi connectivity index (χ2v) is 4.09. The van der Waals surface area contributed by atoms with E-state index in [0.717, 1.165) is 11.3 Å². The van der Waals surface area contributed by atoms with Crippen molar-refractivity contribution >= 4 is 0 Å². The molecule has 4 nitrogen and oxygen atoms in total. The molecule has 4 heteroatoms. The molecule has 0 aliphatic heterocycles. The van der Waals surface area contributed by atoms with E-state index < -0.39 is 6.10 Å². The Balaban J connectivity index is 2.30. The quantitative estimate of drug-likeness (QED) is 0.752. The molecule has 0 fully saturated rings. The van der Waals surface area contributed by atoms with Gasteiger partial charge in [0.1, 0.15) is 5.75 Å². The molecule has 2 atom stereocenters. The van der Waals surface area contributed by atoms with Gasteiger partial charge in [0.15, 0.2) is 0 Å². The SMILES string of the molecule is COc1ccc(COC[C@@H](O)[C@H](C)CO)cc1. The third-order valence-corrected chi connectivity index (χ3v) is 2.66. The minimum absolute atomic E-state index is 0.0347. The van der Waals surface area contributed by atoms with Crippen molar-refractivity contribution in [3.63, 3.8) is 0 Å². The predicted molar refractivity (Wildman–Crippen MR) is 64.9 cm³/mol. The van der Waals surface area contributed by atoms with Crippen molar-refractivity contribution in [2.75, 3.05) is 20.3 Å². The normalized spacial score (nSPS) is 14.4. The van der Waals surface area contributed by atoms with Crippen LogP contribution in [0.25, 0.3) is 0 Å². The molecule has 0 heterocycles. The largest absolute Gasteiger partial charge is 0.497 e.